The molecule has 0 spiro atoms. The molecule has 1 saturated carbocycles. The molecule has 1 aliphatic carbocycles. The Bertz CT molecular complexity index is 546. The van der Waals surface area contributed by atoms with Crippen LogP contribution in [0.1, 0.15) is 50.0 Å². The van der Waals surface area contributed by atoms with E-state index >= 15 is 0 Å². The van der Waals surface area contributed by atoms with E-state index in [1.807, 2.05) is 0 Å². The number of carboxylic acid groups (broad SMARTS) is 2. The Labute approximate surface area is 135 Å². The minimum absolute atomic E-state index is 0.136. The summed E-state index contributed by atoms with van der Waals surface area (Å²) in [6.07, 6.45) is 3.91. The zero-order valence-corrected chi connectivity index (χ0v) is 13.2. The third kappa shape index (κ3) is 4.87. The molecule has 0 unspecified atom stereocenters. The fraction of sp³-hybridized carbons (Fsp3) is 0.529. The van der Waals surface area contributed by atoms with Crippen LogP contribution >= 0.6 is 0 Å². The van der Waals surface area contributed by atoms with Crippen molar-refractivity contribution >= 4 is 11.9 Å². The van der Waals surface area contributed by atoms with E-state index in [0.29, 0.717) is 17.1 Å². The zero-order valence-electron chi connectivity index (χ0n) is 13.2. The molecule has 6 nitrogen and oxygen atoms in total. The second kappa shape index (κ2) is 7.85. The number of carbonyl (C=O) groups is 2. The van der Waals surface area contributed by atoms with E-state index in [1.54, 1.807) is 25.3 Å². The molecule has 0 aliphatic heterocycles. The number of methoxy groups -OCH3 is 1. The van der Waals surface area contributed by atoms with Crippen molar-refractivity contribution in [3.63, 3.8) is 0 Å². The molecule has 0 atom stereocenters. The molecule has 1 fully saturated rings. The Morgan fingerprint density at radius 2 is 1.74 bits per heavy atom. The number of hydrogen-bond donors (Lipinski definition) is 2. The Balaban J connectivity index is 2.25. The Kier molecular flexibility index (Phi) is 5.84. The number of ether oxygens (including phenoxy) is 2. The van der Waals surface area contributed by atoms with Gasteiger partial charge in [-0.25, -0.2) is 0 Å². The van der Waals surface area contributed by atoms with Crippen molar-refractivity contribution in [1.82, 2.24) is 0 Å². The maximum absolute atomic E-state index is 11.0. The van der Waals surface area contributed by atoms with Crippen LogP contribution in [0, 0.1) is 0 Å². The molecule has 1 aliphatic rings. The van der Waals surface area contributed by atoms with Gasteiger partial charge in [-0.05, 0) is 43.4 Å². The number of rotatable bonds is 8. The first-order valence-electron chi connectivity index (χ1n) is 7.77. The van der Waals surface area contributed by atoms with Gasteiger partial charge in [0.05, 0.1) is 26.1 Å². The number of carboxylic acids is 2. The van der Waals surface area contributed by atoms with Crippen molar-refractivity contribution < 1.29 is 29.3 Å². The third-order valence-electron chi connectivity index (χ3n) is 4.10. The molecule has 126 valence electrons. The molecule has 2 N–H and O–H groups in total. The van der Waals surface area contributed by atoms with Crippen LogP contribution in [0.4, 0.5) is 0 Å². The lowest BCUT2D eigenvalue weighted by Crippen LogP contribution is -2.14. The van der Waals surface area contributed by atoms with E-state index in [4.69, 9.17) is 19.7 Å². The highest BCUT2D eigenvalue weighted by Gasteiger charge is 2.23. The smallest absolute Gasteiger partial charge is 0.303 e. The van der Waals surface area contributed by atoms with Crippen LogP contribution in [-0.4, -0.2) is 35.4 Å². The summed E-state index contributed by atoms with van der Waals surface area (Å²) in [4.78, 5) is 22.0. The van der Waals surface area contributed by atoms with E-state index in [2.05, 4.69) is 0 Å². The highest BCUT2D eigenvalue weighted by Crippen LogP contribution is 2.35. The Morgan fingerprint density at radius 1 is 1.13 bits per heavy atom. The first-order chi connectivity index (χ1) is 11.0. The van der Waals surface area contributed by atoms with Crippen LogP contribution in [0.15, 0.2) is 18.2 Å². The lowest BCUT2D eigenvalue weighted by atomic mass is 9.92. The predicted octanol–water partition coefficient (Wildman–Crippen LogP) is 3.05. The first-order valence-corrected chi connectivity index (χ1v) is 7.77. The minimum Gasteiger partial charge on any atom is -0.493 e. The van der Waals surface area contributed by atoms with Gasteiger partial charge < -0.3 is 19.7 Å². The third-order valence-corrected chi connectivity index (χ3v) is 4.10. The van der Waals surface area contributed by atoms with E-state index in [-0.39, 0.29) is 18.9 Å². The second-order valence-corrected chi connectivity index (χ2v) is 5.83. The van der Waals surface area contributed by atoms with Gasteiger partial charge in [-0.1, -0.05) is 6.07 Å². The lowest BCUT2D eigenvalue weighted by Gasteiger charge is -2.19. The molecule has 1 aromatic rings. The number of benzene rings is 1. The summed E-state index contributed by atoms with van der Waals surface area (Å²) in [6.45, 7) is 0. The maximum atomic E-state index is 11.0. The van der Waals surface area contributed by atoms with Gasteiger partial charge in [-0.2, -0.15) is 0 Å². The topological polar surface area (TPSA) is 93.1 Å². The van der Waals surface area contributed by atoms with E-state index in [1.165, 1.54) is 0 Å². The maximum Gasteiger partial charge on any atom is 0.303 e. The normalized spacial score (nSPS) is 14.9. The summed E-state index contributed by atoms with van der Waals surface area (Å²) in [6, 6.07) is 5.13. The van der Waals surface area contributed by atoms with Gasteiger partial charge in [0.1, 0.15) is 0 Å². The standard InChI is InChI=1S/C17H22O6/c1-22-14-7-6-11(12(9-16(18)19)10-17(20)21)8-15(14)23-13-4-2-3-5-13/h6-8,12-13H,2-5,9-10H2,1H3,(H,18,19)(H,20,21). The molecule has 23 heavy (non-hydrogen) atoms. The molecule has 0 heterocycles. The van der Waals surface area contributed by atoms with Crippen LogP contribution in [-0.2, 0) is 9.59 Å². The molecule has 0 radical (unpaired) electrons. The quantitative estimate of drug-likeness (QED) is 0.764. The van der Waals surface area contributed by atoms with Crippen LogP contribution in [0.25, 0.3) is 0 Å². The molecule has 2 rings (SSSR count). The van der Waals surface area contributed by atoms with Crippen LogP contribution in [0.3, 0.4) is 0 Å². The average molecular weight is 322 g/mol. The van der Waals surface area contributed by atoms with E-state index < -0.39 is 17.9 Å². The van der Waals surface area contributed by atoms with Crippen LogP contribution in [0.5, 0.6) is 11.5 Å². The molecule has 0 bridgehead atoms. The van der Waals surface area contributed by atoms with Gasteiger partial charge in [-0.15, -0.1) is 0 Å². The molecule has 0 saturated heterocycles. The fourth-order valence-corrected chi connectivity index (χ4v) is 2.95. The Hall–Kier alpha value is -2.24. The van der Waals surface area contributed by atoms with Gasteiger partial charge in [0.25, 0.3) is 0 Å². The minimum atomic E-state index is -1.02. The summed E-state index contributed by atoms with van der Waals surface area (Å²) in [5, 5.41) is 18.0. The molecule has 1 aromatic carbocycles. The van der Waals surface area contributed by atoms with Crippen molar-refractivity contribution in [3.8, 4) is 11.5 Å². The van der Waals surface area contributed by atoms with Crippen molar-refractivity contribution in [2.45, 2.75) is 50.5 Å². The van der Waals surface area contributed by atoms with E-state index in [9.17, 15) is 9.59 Å². The summed E-state index contributed by atoms with van der Waals surface area (Å²) >= 11 is 0. The largest absolute Gasteiger partial charge is 0.493 e. The first kappa shape index (κ1) is 17.1. The van der Waals surface area contributed by atoms with Gasteiger partial charge in [0.2, 0.25) is 0 Å². The highest BCUT2D eigenvalue weighted by molar-refractivity contribution is 5.72. The average Bonchev–Trinajstić information content (AvgIpc) is 2.98. The van der Waals surface area contributed by atoms with Gasteiger partial charge >= 0.3 is 11.9 Å². The fourth-order valence-electron chi connectivity index (χ4n) is 2.95. The van der Waals surface area contributed by atoms with E-state index in [0.717, 1.165) is 25.7 Å². The summed E-state index contributed by atoms with van der Waals surface area (Å²) in [5.41, 5.74) is 0.642. The SMILES string of the molecule is COc1ccc(C(CC(=O)O)CC(=O)O)cc1OC1CCCC1. The van der Waals surface area contributed by atoms with Crippen molar-refractivity contribution in [2.75, 3.05) is 7.11 Å². The zero-order chi connectivity index (χ0) is 16.8. The summed E-state index contributed by atoms with van der Waals surface area (Å²) < 4.78 is 11.3. The molecule has 0 amide bonds. The number of hydrogen-bond acceptors (Lipinski definition) is 4. The Morgan fingerprint density at radius 3 is 2.26 bits per heavy atom. The van der Waals surface area contributed by atoms with Gasteiger partial charge in [-0.3, -0.25) is 9.59 Å². The van der Waals surface area contributed by atoms with Crippen molar-refractivity contribution in [2.24, 2.45) is 0 Å². The lowest BCUT2D eigenvalue weighted by molar-refractivity contribution is -0.139. The highest BCUT2D eigenvalue weighted by atomic mass is 16.5. The predicted molar refractivity (Wildman–Crippen MR) is 83.1 cm³/mol. The van der Waals surface area contributed by atoms with Crippen molar-refractivity contribution in [3.05, 3.63) is 23.8 Å². The molecular formula is C17H22O6. The van der Waals surface area contributed by atoms with Crippen molar-refractivity contribution in [1.29, 1.82) is 0 Å². The number of aliphatic carboxylic acids is 2. The summed E-state index contributed by atoms with van der Waals surface area (Å²) in [5.74, 6) is -1.51. The summed E-state index contributed by atoms with van der Waals surface area (Å²) in [7, 11) is 1.54. The molecule has 6 heteroatoms. The van der Waals surface area contributed by atoms with Crippen LogP contribution < -0.4 is 9.47 Å². The molecule has 0 aromatic heterocycles. The molecular weight excluding hydrogens is 300 g/mol. The van der Waals surface area contributed by atoms with Gasteiger partial charge in [0, 0.05) is 5.92 Å². The second-order valence-electron chi connectivity index (χ2n) is 5.83. The van der Waals surface area contributed by atoms with Gasteiger partial charge in [0.15, 0.2) is 11.5 Å². The van der Waals surface area contributed by atoms with Crippen LogP contribution in [0.2, 0.25) is 0 Å². The monoisotopic (exact) mass is 322 g/mol.